The molecule has 19 heavy (non-hydrogen) atoms. The number of nitrogens with two attached hydrogens (primary N) is 1. The zero-order valence-corrected chi connectivity index (χ0v) is 9.84. The van der Waals surface area contributed by atoms with E-state index in [9.17, 15) is 0 Å². The van der Waals surface area contributed by atoms with Crippen LogP contribution in [-0.4, -0.2) is 24.7 Å². The lowest BCUT2D eigenvalue weighted by molar-refractivity contribution is 0.426. The summed E-state index contributed by atoms with van der Waals surface area (Å²) in [5.41, 5.74) is 6.90. The molecule has 0 amide bonds. The molecule has 0 radical (unpaired) electrons. The minimum Gasteiger partial charge on any atom is -0.402 e. The summed E-state index contributed by atoms with van der Waals surface area (Å²) in [4.78, 5) is 11.7. The van der Waals surface area contributed by atoms with Crippen LogP contribution < -0.4 is 10.5 Å². The van der Waals surface area contributed by atoms with Crippen LogP contribution in [0.15, 0.2) is 49.2 Å². The Balaban J connectivity index is 1.85. The molecule has 0 aliphatic carbocycles. The van der Waals surface area contributed by atoms with Gasteiger partial charge in [-0.1, -0.05) is 18.2 Å². The summed E-state index contributed by atoms with van der Waals surface area (Å²) < 4.78 is 7.00. The second-order valence-corrected chi connectivity index (χ2v) is 3.69. The number of nitrogen functional groups attached to an aromatic ring is 1. The molecule has 7 nitrogen and oxygen atoms in total. The number of hydrogen-bond acceptors (Lipinski definition) is 6. The topological polar surface area (TPSA) is 91.7 Å². The molecule has 0 spiro atoms. The van der Waals surface area contributed by atoms with Crippen molar-refractivity contribution in [2.24, 2.45) is 0 Å². The number of aromatic nitrogens is 5. The van der Waals surface area contributed by atoms with E-state index in [2.05, 4.69) is 20.1 Å². The van der Waals surface area contributed by atoms with Gasteiger partial charge in [0.25, 0.3) is 0 Å². The maximum atomic E-state index is 5.67. The predicted octanol–water partition coefficient (Wildman–Crippen LogP) is 1.43. The molecule has 0 saturated heterocycles. The van der Waals surface area contributed by atoms with E-state index in [4.69, 9.17) is 10.5 Å². The molecule has 0 unspecified atom stereocenters. The first-order valence-corrected chi connectivity index (χ1v) is 5.53. The Bertz CT molecular complexity index is 681. The summed E-state index contributed by atoms with van der Waals surface area (Å²) in [7, 11) is 0. The van der Waals surface area contributed by atoms with Crippen LogP contribution >= 0.6 is 0 Å². The van der Waals surface area contributed by atoms with Crippen molar-refractivity contribution in [3.63, 3.8) is 0 Å². The summed E-state index contributed by atoms with van der Waals surface area (Å²) >= 11 is 0. The number of benzene rings is 1. The van der Waals surface area contributed by atoms with Crippen molar-refractivity contribution in [2.75, 3.05) is 5.73 Å². The highest BCUT2D eigenvalue weighted by atomic mass is 16.5. The van der Waals surface area contributed by atoms with Gasteiger partial charge in [-0.2, -0.15) is 9.97 Å². The molecule has 0 saturated carbocycles. The number of anilines is 1. The molecule has 0 fully saturated rings. The van der Waals surface area contributed by atoms with Crippen LogP contribution in [0.4, 0.5) is 5.69 Å². The van der Waals surface area contributed by atoms with Gasteiger partial charge in [0.2, 0.25) is 5.88 Å². The molecule has 0 aliphatic heterocycles. The fourth-order valence-electron chi connectivity index (χ4n) is 1.50. The average Bonchev–Trinajstić information content (AvgIpc) is 2.91. The van der Waals surface area contributed by atoms with E-state index >= 15 is 0 Å². The van der Waals surface area contributed by atoms with Gasteiger partial charge >= 0.3 is 6.01 Å². The maximum absolute atomic E-state index is 5.67. The first kappa shape index (κ1) is 11.1. The summed E-state index contributed by atoms with van der Waals surface area (Å²) in [5, 5.41) is 4.18. The second-order valence-electron chi connectivity index (χ2n) is 3.69. The Morgan fingerprint density at radius 3 is 2.74 bits per heavy atom. The minimum atomic E-state index is 0.175. The molecule has 0 bridgehead atoms. The first-order valence-electron chi connectivity index (χ1n) is 5.53. The number of nitrogens with zero attached hydrogens (tertiary/aromatic N) is 5. The quantitative estimate of drug-likeness (QED) is 0.760. The fraction of sp³-hybridized carbons (Fsp3) is 0. The zero-order chi connectivity index (χ0) is 13.1. The van der Waals surface area contributed by atoms with Crippen molar-refractivity contribution in [3.05, 3.63) is 49.2 Å². The van der Waals surface area contributed by atoms with Crippen molar-refractivity contribution in [2.45, 2.75) is 0 Å². The predicted molar refractivity (Wildman–Crippen MR) is 67.9 cm³/mol. The lowest BCUT2D eigenvalue weighted by Gasteiger charge is -2.01. The molecule has 7 heteroatoms. The summed E-state index contributed by atoms with van der Waals surface area (Å²) in [6.07, 6.45) is 4.36. The van der Waals surface area contributed by atoms with Gasteiger partial charge in [-0.3, -0.25) is 0 Å². The largest absolute Gasteiger partial charge is 0.402 e. The molecule has 94 valence electrons. The van der Waals surface area contributed by atoms with Crippen LogP contribution in [0.2, 0.25) is 0 Å². The minimum absolute atomic E-state index is 0.175. The molecule has 2 N–H and O–H groups in total. The molecule has 0 aliphatic rings. The standard InChI is InChI=1S/C12H10N6O/c13-10-6-14-7-15-11(10)19-12-16-8-18(17-12)9-4-2-1-3-5-9/h1-8H,13H2. The lowest BCUT2D eigenvalue weighted by Crippen LogP contribution is -1.98. The smallest absolute Gasteiger partial charge is 0.342 e. The molecular weight excluding hydrogens is 244 g/mol. The van der Waals surface area contributed by atoms with Crippen LogP contribution in [-0.2, 0) is 0 Å². The summed E-state index contributed by atoms with van der Waals surface area (Å²) in [6.45, 7) is 0. The van der Waals surface area contributed by atoms with Crippen LogP contribution in [0, 0.1) is 0 Å². The third-order valence-electron chi connectivity index (χ3n) is 2.38. The van der Waals surface area contributed by atoms with E-state index in [1.807, 2.05) is 30.3 Å². The summed E-state index contributed by atoms with van der Waals surface area (Å²) in [5.74, 6) is 0.237. The van der Waals surface area contributed by atoms with Gasteiger partial charge in [0.15, 0.2) is 0 Å². The number of hydrogen-bond donors (Lipinski definition) is 1. The fourth-order valence-corrected chi connectivity index (χ4v) is 1.50. The molecule has 3 rings (SSSR count). The normalized spacial score (nSPS) is 10.3. The van der Waals surface area contributed by atoms with E-state index in [0.717, 1.165) is 5.69 Å². The highest BCUT2D eigenvalue weighted by Gasteiger charge is 2.08. The third kappa shape index (κ3) is 2.34. The molecule has 0 atom stereocenters. The first-order chi connectivity index (χ1) is 9.33. The van der Waals surface area contributed by atoms with Gasteiger partial charge in [0.1, 0.15) is 18.3 Å². The van der Waals surface area contributed by atoms with Crippen LogP contribution in [0.5, 0.6) is 11.9 Å². The van der Waals surface area contributed by atoms with Crippen LogP contribution in [0.3, 0.4) is 0 Å². The molecular formula is C12H10N6O. The lowest BCUT2D eigenvalue weighted by atomic mass is 10.3. The maximum Gasteiger partial charge on any atom is 0.342 e. The average molecular weight is 254 g/mol. The van der Waals surface area contributed by atoms with Crippen LogP contribution in [0.1, 0.15) is 0 Å². The Labute approximate surface area is 108 Å². The third-order valence-corrected chi connectivity index (χ3v) is 2.38. The Kier molecular flexibility index (Phi) is 2.77. The van der Waals surface area contributed by atoms with Gasteiger partial charge in [-0.05, 0) is 12.1 Å². The second kappa shape index (κ2) is 4.73. The number of rotatable bonds is 3. The van der Waals surface area contributed by atoms with Gasteiger partial charge in [0.05, 0.1) is 11.9 Å². The molecule has 2 aromatic heterocycles. The Morgan fingerprint density at radius 1 is 1.11 bits per heavy atom. The van der Waals surface area contributed by atoms with Crippen molar-refractivity contribution < 1.29 is 4.74 Å². The summed E-state index contributed by atoms with van der Waals surface area (Å²) in [6, 6.07) is 9.77. The molecule has 2 heterocycles. The Hall–Kier alpha value is -2.96. The van der Waals surface area contributed by atoms with Gasteiger partial charge < -0.3 is 10.5 Å². The van der Waals surface area contributed by atoms with E-state index in [1.54, 1.807) is 11.0 Å². The SMILES string of the molecule is Nc1cncnc1Oc1ncn(-c2ccccc2)n1. The molecule has 3 aromatic rings. The monoisotopic (exact) mass is 254 g/mol. The van der Waals surface area contributed by atoms with Crippen molar-refractivity contribution in [1.82, 2.24) is 24.7 Å². The van der Waals surface area contributed by atoms with E-state index in [0.29, 0.717) is 5.69 Å². The van der Waals surface area contributed by atoms with Gasteiger partial charge in [-0.25, -0.2) is 9.67 Å². The molecule has 1 aromatic carbocycles. The van der Waals surface area contributed by atoms with E-state index < -0.39 is 0 Å². The van der Waals surface area contributed by atoms with Gasteiger partial charge in [-0.15, -0.1) is 5.10 Å². The zero-order valence-electron chi connectivity index (χ0n) is 9.84. The van der Waals surface area contributed by atoms with E-state index in [1.165, 1.54) is 12.5 Å². The highest BCUT2D eigenvalue weighted by Crippen LogP contribution is 2.20. The highest BCUT2D eigenvalue weighted by molar-refractivity contribution is 5.45. The number of para-hydroxylation sites is 1. The number of ether oxygens (including phenoxy) is 1. The van der Waals surface area contributed by atoms with E-state index in [-0.39, 0.29) is 11.9 Å². The van der Waals surface area contributed by atoms with Crippen LogP contribution in [0.25, 0.3) is 5.69 Å². The Morgan fingerprint density at radius 2 is 1.95 bits per heavy atom. The van der Waals surface area contributed by atoms with Gasteiger partial charge in [0, 0.05) is 0 Å². The van der Waals surface area contributed by atoms with Crippen molar-refractivity contribution in [3.8, 4) is 17.6 Å². The van der Waals surface area contributed by atoms with Crippen molar-refractivity contribution in [1.29, 1.82) is 0 Å². The van der Waals surface area contributed by atoms with Crippen molar-refractivity contribution >= 4 is 5.69 Å².